The summed E-state index contributed by atoms with van der Waals surface area (Å²) in [4.78, 5) is 4.00. The molecule has 14 heavy (non-hydrogen) atoms. The average molecular weight is 190 g/mol. The maximum absolute atomic E-state index is 4.00. The number of hydrogen-bond donors (Lipinski definition) is 1. The molecule has 1 aromatic rings. The van der Waals surface area contributed by atoms with Crippen molar-refractivity contribution in [1.82, 2.24) is 10.3 Å². The van der Waals surface area contributed by atoms with Gasteiger partial charge in [-0.05, 0) is 36.2 Å². The smallest absolute Gasteiger partial charge is 0.0273 e. The van der Waals surface area contributed by atoms with Crippen molar-refractivity contribution in [3.63, 3.8) is 0 Å². The molecule has 1 aliphatic heterocycles. The molecule has 0 unspecified atom stereocenters. The fourth-order valence-electron chi connectivity index (χ4n) is 1.45. The van der Waals surface area contributed by atoms with Gasteiger partial charge in [0.2, 0.25) is 0 Å². The van der Waals surface area contributed by atoms with Crippen molar-refractivity contribution in [2.45, 2.75) is 20.3 Å². The van der Waals surface area contributed by atoms with E-state index in [1.54, 1.807) is 0 Å². The zero-order valence-corrected chi connectivity index (χ0v) is 8.96. The Labute approximate surface area is 86.1 Å². The number of nitrogens with one attached hydrogen (secondary N) is 1. The van der Waals surface area contributed by atoms with E-state index in [1.165, 1.54) is 11.1 Å². The van der Waals surface area contributed by atoms with Crippen LogP contribution < -0.4 is 5.32 Å². The molecule has 0 fully saturated rings. The van der Waals surface area contributed by atoms with Crippen molar-refractivity contribution in [3.05, 3.63) is 36.2 Å². The van der Waals surface area contributed by atoms with Crippen LogP contribution in [-0.4, -0.2) is 18.1 Å². The summed E-state index contributed by atoms with van der Waals surface area (Å²) in [7, 11) is 0. The van der Waals surface area contributed by atoms with Crippen molar-refractivity contribution in [2.75, 3.05) is 13.1 Å². The first-order valence-corrected chi connectivity index (χ1v) is 5.27. The highest BCUT2D eigenvalue weighted by molar-refractivity contribution is 5.65. The Balaban J connectivity index is 0.000000461. The standard InChI is InChI=1S/C10H12N2.C2H6/c1-5-11-6-2-9(1)10-3-7-12-8-4-10;1-2/h1-3,5-6,12H,4,7-8H2;1-2H3. The van der Waals surface area contributed by atoms with Crippen LogP contribution in [0.25, 0.3) is 5.57 Å². The van der Waals surface area contributed by atoms with E-state index in [0.717, 1.165) is 19.5 Å². The Morgan fingerprint density at radius 2 is 1.93 bits per heavy atom. The summed E-state index contributed by atoms with van der Waals surface area (Å²) >= 11 is 0. The van der Waals surface area contributed by atoms with E-state index in [-0.39, 0.29) is 0 Å². The van der Waals surface area contributed by atoms with E-state index in [4.69, 9.17) is 0 Å². The van der Waals surface area contributed by atoms with E-state index in [2.05, 4.69) is 28.5 Å². The minimum absolute atomic E-state index is 0.998. The first-order valence-electron chi connectivity index (χ1n) is 5.27. The van der Waals surface area contributed by atoms with E-state index < -0.39 is 0 Å². The summed E-state index contributed by atoms with van der Waals surface area (Å²) in [6.07, 6.45) is 7.07. The number of nitrogens with zero attached hydrogens (tertiary/aromatic N) is 1. The summed E-state index contributed by atoms with van der Waals surface area (Å²) < 4.78 is 0. The van der Waals surface area contributed by atoms with Crippen LogP contribution in [0.15, 0.2) is 30.6 Å². The molecule has 1 aromatic heterocycles. The zero-order valence-electron chi connectivity index (χ0n) is 8.96. The van der Waals surface area contributed by atoms with Gasteiger partial charge in [0.1, 0.15) is 0 Å². The number of hydrogen-bond acceptors (Lipinski definition) is 2. The topological polar surface area (TPSA) is 24.9 Å². The average Bonchev–Trinajstić information content (AvgIpc) is 2.34. The van der Waals surface area contributed by atoms with Crippen LogP contribution in [0.2, 0.25) is 0 Å². The maximum Gasteiger partial charge on any atom is 0.0273 e. The van der Waals surface area contributed by atoms with Crippen molar-refractivity contribution < 1.29 is 0 Å². The lowest BCUT2D eigenvalue weighted by Crippen LogP contribution is -2.19. The normalized spacial score (nSPS) is 15.1. The molecular weight excluding hydrogens is 172 g/mol. The van der Waals surface area contributed by atoms with Crippen molar-refractivity contribution >= 4 is 5.57 Å². The van der Waals surface area contributed by atoms with Gasteiger partial charge in [0.25, 0.3) is 0 Å². The third kappa shape index (κ3) is 2.96. The predicted molar refractivity (Wildman–Crippen MR) is 61.0 cm³/mol. The fourth-order valence-corrected chi connectivity index (χ4v) is 1.45. The molecule has 1 aliphatic rings. The van der Waals surface area contributed by atoms with Crippen LogP contribution in [0.5, 0.6) is 0 Å². The van der Waals surface area contributed by atoms with Crippen molar-refractivity contribution in [1.29, 1.82) is 0 Å². The second-order valence-corrected chi connectivity index (χ2v) is 2.92. The fraction of sp³-hybridized carbons (Fsp3) is 0.417. The molecule has 0 saturated heterocycles. The monoisotopic (exact) mass is 190 g/mol. The molecule has 0 aliphatic carbocycles. The van der Waals surface area contributed by atoms with Crippen molar-refractivity contribution in [3.8, 4) is 0 Å². The summed E-state index contributed by atoms with van der Waals surface area (Å²) in [6.45, 7) is 6.09. The lowest BCUT2D eigenvalue weighted by molar-refractivity contribution is 0.738. The third-order valence-corrected chi connectivity index (χ3v) is 2.12. The Bertz CT molecular complexity index is 278. The summed E-state index contributed by atoms with van der Waals surface area (Å²) in [5.74, 6) is 0. The largest absolute Gasteiger partial charge is 0.313 e. The van der Waals surface area contributed by atoms with E-state index >= 15 is 0 Å². The minimum Gasteiger partial charge on any atom is -0.313 e. The van der Waals surface area contributed by atoms with Gasteiger partial charge in [-0.2, -0.15) is 0 Å². The van der Waals surface area contributed by atoms with Gasteiger partial charge in [0, 0.05) is 18.9 Å². The van der Waals surface area contributed by atoms with Crippen LogP contribution >= 0.6 is 0 Å². The van der Waals surface area contributed by atoms with Crippen LogP contribution in [-0.2, 0) is 0 Å². The van der Waals surface area contributed by atoms with Crippen molar-refractivity contribution in [2.24, 2.45) is 0 Å². The SMILES string of the molecule is C1=C(c2ccncc2)CCNC1.CC. The van der Waals surface area contributed by atoms with Gasteiger partial charge < -0.3 is 5.32 Å². The molecular formula is C12H18N2. The highest BCUT2D eigenvalue weighted by Crippen LogP contribution is 2.17. The molecule has 0 atom stereocenters. The van der Waals surface area contributed by atoms with E-state index in [0.29, 0.717) is 0 Å². The summed E-state index contributed by atoms with van der Waals surface area (Å²) in [5.41, 5.74) is 2.75. The Morgan fingerprint density at radius 1 is 1.21 bits per heavy atom. The molecule has 0 amide bonds. The molecule has 0 spiro atoms. The second-order valence-electron chi connectivity index (χ2n) is 2.92. The minimum atomic E-state index is 0.998. The quantitative estimate of drug-likeness (QED) is 0.736. The van der Waals surface area contributed by atoms with Gasteiger partial charge in [-0.1, -0.05) is 19.9 Å². The molecule has 2 nitrogen and oxygen atoms in total. The Kier molecular flexibility index (Phi) is 4.94. The Hall–Kier alpha value is -1.15. The van der Waals surface area contributed by atoms with Gasteiger partial charge in [-0.25, -0.2) is 0 Å². The van der Waals surface area contributed by atoms with Gasteiger partial charge in [0.05, 0.1) is 0 Å². The third-order valence-electron chi connectivity index (χ3n) is 2.12. The van der Waals surface area contributed by atoms with Gasteiger partial charge >= 0.3 is 0 Å². The van der Waals surface area contributed by atoms with Crippen LogP contribution in [0.4, 0.5) is 0 Å². The molecule has 0 bridgehead atoms. The Morgan fingerprint density at radius 3 is 2.50 bits per heavy atom. The maximum atomic E-state index is 4.00. The predicted octanol–water partition coefficient (Wildman–Crippen LogP) is 2.48. The first-order chi connectivity index (χ1) is 6.97. The first kappa shape index (κ1) is 10.9. The molecule has 1 N–H and O–H groups in total. The second kappa shape index (κ2) is 6.33. The van der Waals surface area contributed by atoms with Gasteiger partial charge in [-0.15, -0.1) is 0 Å². The lowest BCUT2D eigenvalue weighted by atomic mass is 10.0. The number of aromatic nitrogens is 1. The van der Waals surface area contributed by atoms with Crippen LogP contribution in [0, 0.1) is 0 Å². The molecule has 0 aromatic carbocycles. The molecule has 0 saturated carbocycles. The molecule has 76 valence electrons. The van der Waals surface area contributed by atoms with Gasteiger partial charge in [0.15, 0.2) is 0 Å². The summed E-state index contributed by atoms with van der Waals surface area (Å²) in [5, 5.41) is 3.29. The molecule has 0 radical (unpaired) electrons. The molecule has 2 rings (SSSR count). The van der Waals surface area contributed by atoms with Crippen LogP contribution in [0.3, 0.4) is 0 Å². The molecule has 2 heterocycles. The molecule has 2 heteroatoms. The van der Waals surface area contributed by atoms with Crippen LogP contribution in [0.1, 0.15) is 25.8 Å². The zero-order chi connectivity index (χ0) is 10.2. The lowest BCUT2D eigenvalue weighted by Gasteiger charge is -2.13. The van der Waals surface area contributed by atoms with E-state index in [1.807, 2.05) is 26.2 Å². The van der Waals surface area contributed by atoms with Gasteiger partial charge in [-0.3, -0.25) is 4.98 Å². The number of pyridine rings is 1. The van der Waals surface area contributed by atoms with E-state index in [9.17, 15) is 0 Å². The number of rotatable bonds is 1. The highest BCUT2D eigenvalue weighted by atomic mass is 14.8. The summed E-state index contributed by atoms with van der Waals surface area (Å²) in [6, 6.07) is 4.13. The highest BCUT2D eigenvalue weighted by Gasteiger charge is 2.03.